The van der Waals surface area contributed by atoms with Crippen molar-refractivity contribution in [2.24, 2.45) is 0 Å². The van der Waals surface area contributed by atoms with Gasteiger partial charge in [0.15, 0.2) is 0 Å². The zero-order valence-corrected chi connectivity index (χ0v) is 28.7. The summed E-state index contributed by atoms with van der Waals surface area (Å²) in [6.45, 7) is 8.72. The SMILES string of the molecule is C=CCOc1ccc2ccccc2c1-c1c(OCCCC(=O)N[C@H](CCCCNCl)C(O)N[C@@H](CC=C)C(=O)OC)ccc2ccccc12. The maximum Gasteiger partial charge on any atom is 0.323 e. The van der Waals surface area contributed by atoms with Crippen LogP contribution in [0.4, 0.5) is 0 Å². The van der Waals surface area contributed by atoms with Gasteiger partial charge in [0.2, 0.25) is 5.91 Å². The molecule has 0 radical (unpaired) electrons. The molecule has 3 atom stereocenters. The predicted molar refractivity (Wildman–Crippen MR) is 197 cm³/mol. The molecule has 0 fully saturated rings. The lowest BCUT2D eigenvalue weighted by Crippen LogP contribution is -2.54. The Morgan fingerprint density at radius 3 is 2.08 bits per heavy atom. The molecule has 9 nitrogen and oxygen atoms in total. The maximum atomic E-state index is 13.1. The van der Waals surface area contributed by atoms with Crippen molar-refractivity contribution in [2.45, 2.75) is 56.8 Å². The Morgan fingerprint density at radius 2 is 1.49 bits per heavy atom. The van der Waals surface area contributed by atoms with E-state index >= 15 is 0 Å². The van der Waals surface area contributed by atoms with E-state index in [-0.39, 0.29) is 25.4 Å². The monoisotopic (exact) mass is 687 g/mol. The van der Waals surface area contributed by atoms with Crippen molar-refractivity contribution in [1.82, 2.24) is 15.5 Å². The van der Waals surface area contributed by atoms with E-state index < -0.39 is 24.3 Å². The van der Waals surface area contributed by atoms with Gasteiger partial charge in [0, 0.05) is 24.1 Å². The van der Waals surface area contributed by atoms with E-state index in [1.807, 2.05) is 48.5 Å². The van der Waals surface area contributed by atoms with Crippen LogP contribution < -0.4 is 24.9 Å². The Labute approximate surface area is 293 Å². The van der Waals surface area contributed by atoms with Crippen LogP contribution in [0.15, 0.2) is 98.1 Å². The summed E-state index contributed by atoms with van der Waals surface area (Å²) in [6.07, 6.45) is 4.87. The summed E-state index contributed by atoms with van der Waals surface area (Å²) in [5.41, 5.74) is 1.85. The molecule has 4 rings (SSSR count). The second kappa shape index (κ2) is 19.6. The van der Waals surface area contributed by atoms with Gasteiger partial charge in [-0.3, -0.25) is 14.9 Å². The summed E-state index contributed by atoms with van der Waals surface area (Å²) < 4.78 is 17.4. The molecule has 0 bridgehead atoms. The highest BCUT2D eigenvalue weighted by atomic mass is 35.5. The van der Waals surface area contributed by atoms with Crippen LogP contribution in [0.25, 0.3) is 32.7 Å². The average Bonchev–Trinajstić information content (AvgIpc) is 3.12. The van der Waals surface area contributed by atoms with Gasteiger partial charge in [0.1, 0.15) is 30.4 Å². The number of halogens is 1. The summed E-state index contributed by atoms with van der Waals surface area (Å²) >= 11 is 5.60. The van der Waals surface area contributed by atoms with Gasteiger partial charge in [-0.1, -0.05) is 79.4 Å². The fourth-order valence-corrected chi connectivity index (χ4v) is 5.96. The van der Waals surface area contributed by atoms with Gasteiger partial charge in [-0.15, -0.1) is 6.58 Å². The number of amides is 1. The first-order chi connectivity index (χ1) is 23.9. The molecule has 4 N–H and O–H groups in total. The summed E-state index contributed by atoms with van der Waals surface area (Å²) in [7, 11) is 1.28. The van der Waals surface area contributed by atoms with Crippen molar-refractivity contribution in [3.63, 3.8) is 0 Å². The van der Waals surface area contributed by atoms with Crippen molar-refractivity contribution in [2.75, 3.05) is 26.9 Å². The molecule has 0 saturated heterocycles. The van der Waals surface area contributed by atoms with Crippen molar-refractivity contribution < 1.29 is 28.9 Å². The molecule has 49 heavy (non-hydrogen) atoms. The Bertz CT molecular complexity index is 1710. The van der Waals surface area contributed by atoms with Gasteiger partial charge in [0.05, 0.1) is 19.8 Å². The number of aliphatic hydroxyl groups is 1. The summed E-state index contributed by atoms with van der Waals surface area (Å²) in [5.74, 6) is 0.641. The topological polar surface area (TPSA) is 118 Å². The highest BCUT2D eigenvalue weighted by Gasteiger charge is 2.27. The van der Waals surface area contributed by atoms with Crippen LogP contribution in [0.5, 0.6) is 11.5 Å². The predicted octanol–water partition coefficient (Wildman–Crippen LogP) is 6.81. The largest absolute Gasteiger partial charge is 0.493 e. The van der Waals surface area contributed by atoms with Gasteiger partial charge in [-0.05, 0) is 77.6 Å². The third-order valence-electron chi connectivity index (χ3n) is 8.22. The number of benzene rings is 4. The third-order valence-corrected chi connectivity index (χ3v) is 8.41. The van der Waals surface area contributed by atoms with Crippen LogP contribution in [0.1, 0.15) is 38.5 Å². The molecule has 1 amide bonds. The van der Waals surface area contributed by atoms with Gasteiger partial charge in [0.25, 0.3) is 0 Å². The van der Waals surface area contributed by atoms with E-state index in [1.54, 1.807) is 12.2 Å². The number of aliphatic hydroxyl groups excluding tert-OH is 1. The van der Waals surface area contributed by atoms with Gasteiger partial charge < -0.3 is 24.6 Å². The normalized spacial score (nSPS) is 13.0. The fraction of sp³-hybridized carbons (Fsp3) is 0.333. The van der Waals surface area contributed by atoms with E-state index in [2.05, 4.69) is 52.9 Å². The molecule has 0 aliphatic carbocycles. The van der Waals surface area contributed by atoms with Crippen molar-refractivity contribution in [1.29, 1.82) is 0 Å². The number of esters is 1. The Kier molecular flexibility index (Phi) is 14.9. The van der Waals surface area contributed by atoms with Crippen LogP contribution in [0.2, 0.25) is 0 Å². The van der Waals surface area contributed by atoms with E-state index in [0.717, 1.165) is 44.8 Å². The molecule has 10 heteroatoms. The second-order valence-corrected chi connectivity index (χ2v) is 11.9. The molecule has 0 aliphatic rings. The average molecular weight is 688 g/mol. The highest BCUT2D eigenvalue weighted by molar-refractivity contribution is 6.13. The first-order valence-electron chi connectivity index (χ1n) is 16.6. The minimum Gasteiger partial charge on any atom is -0.493 e. The fourth-order valence-electron chi connectivity index (χ4n) is 5.83. The summed E-state index contributed by atoms with van der Waals surface area (Å²) in [5, 5.41) is 21.0. The minimum absolute atomic E-state index is 0.171. The molecule has 0 spiro atoms. The number of hydrogen-bond acceptors (Lipinski definition) is 8. The van der Waals surface area contributed by atoms with E-state index in [4.69, 9.17) is 26.0 Å². The van der Waals surface area contributed by atoms with E-state index in [1.165, 1.54) is 7.11 Å². The van der Waals surface area contributed by atoms with Gasteiger partial charge >= 0.3 is 5.97 Å². The van der Waals surface area contributed by atoms with Crippen molar-refractivity contribution in [3.05, 3.63) is 98.1 Å². The van der Waals surface area contributed by atoms with Crippen LogP contribution in [0.3, 0.4) is 0 Å². The smallest absolute Gasteiger partial charge is 0.323 e. The Balaban J connectivity index is 1.50. The highest BCUT2D eigenvalue weighted by Crippen LogP contribution is 2.45. The lowest BCUT2D eigenvalue weighted by Gasteiger charge is -2.28. The zero-order chi connectivity index (χ0) is 35.0. The molecule has 0 aliphatic heterocycles. The number of nitrogens with one attached hydrogen (secondary N) is 3. The van der Waals surface area contributed by atoms with Crippen LogP contribution in [-0.4, -0.2) is 62.2 Å². The number of rotatable bonds is 21. The second-order valence-electron chi connectivity index (χ2n) is 11.6. The Hall–Kier alpha value is -4.41. The number of fused-ring (bicyclic) bond motifs is 2. The van der Waals surface area contributed by atoms with Crippen LogP contribution in [-0.2, 0) is 14.3 Å². The summed E-state index contributed by atoms with van der Waals surface area (Å²) in [4.78, 5) is 27.9. The lowest BCUT2D eigenvalue weighted by molar-refractivity contribution is -0.144. The quantitative estimate of drug-likeness (QED) is 0.0248. The standard InChI is InChI=1S/C39H46ClN3O6/c1-4-13-32(39(46)47-3)43-38(45)31(18-10-11-24-41-40)42-35(44)19-12-26-49-34-23-21-28-15-7-9-17-30(28)37(34)36-29-16-8-6-14-27(29)20-22-33(36)48-25-5-2/h4-9,14-17,20-23,31-32,38,41,43,45H,1-2,10-13,18-19,24-26H2,3H3,(H,42,44)/t31-,32+,38?/m1/s1. The van der Waals surface area contributed by atoms with Crippen LogP contribution >= 0.6 is 11.8 Å². The maximum absolute atomic E-state index is 13.1. The van der Waals surface area contributed by atoms with Crippen molar-refractivity contribution in [3.8, 4) is 22.6 Å². The molecule has 4 aromatic rings. The molecule has 0 aromatic heterocycles. The van der Waals surface area contributed by atoms with E-state index in [0.29, 0.717) is 38.2 Å². The molecule has 0 heterocycles. The van der Waals surface area contributed by atoms with E-state index in [9.17, 15) is 14.7 Å². The Morgan fingerprint density at radius 1 is 0.857 bits per heavy atom. The van der Waals surface area contributed by atoms with Gasteiger partial charge in [-0.2, -0.15) is 0 Å². The molecule has 260 valence electrons. The number of hydrogen-bond donors (Lipinski definition) is 4. The lowest BCUT2D eigenvalue weighted by atomic mass is 9.92. The first-order valence-corrected chi connectivity index (χ1v) is 17.0. The number of carbonyl (C=O) groups is 2. The molecular formula is C39H46ClN3O6. The number of carbonyl (C=O) groups excluding carboxylic acids is 2. The van der Waals surface area contributed by atoms with Crippen molar-refractivity contribution >= 4 is 45.2 Å². The number of unbranched alkanes of at least 4 members (excludes halogenated alkanes) is 1. The first kappa shape index (κ1) is 37.4. The number of methoxy groups -OCH3 is 1. The molecular weight excluding hydrogens is 642 g/mol. The van der Waals surface area contributed by atoms with Crippen LogP contribution in [0, 0.1) is 0 Å². The minimum atomic E-state index is -1.19. The molecule has 1 unspecified atom stereocenters. The summed E-state index contributed by atoms with van der Waals surface area (Å²) in [6, 6.07) is 22.9. The molecule has 0 saturated carbocycles. The number of ether oxygens (including phenoxy) is 3. The third kappa shape index (κ3) is 10.3. The zero-order valence-electron chi connectivity index (χ0n) is 28.0. The van der Waals surface area contributed by atoms with Gasteiger partial charge in [-0.25, -0.2) is 4.84 Å². The molecule has 4 aromatic carbocycles.